The van der Waals surface area contributed by atoms with E-state index in [0.29, 0.717) is 11.5 Å². The Labute approximate surface area is 133 Å². The van der Waals surface area contributed by atoms with Crippen molar-refractivity contribution >= 4 is 11.3 Å². The summed E-state index contributed by atoms with van der Waals surface area (Å²) in [6, 6.07) is 0.375. The number of rotatable bonds is 6. The van der Waals surface area contributed by atoms with Crippen LogP contribution in [0.2, 0.25) is 0 Å². The molecule has 3 nitrogen and oxygen atoms in total. The Kier molecular flexibility index (Phi) is 5.44. The summed E-state index contributed by atoms with van der Waals surface area (Å²) in [5.41, 5.74) is 0.302. The van der Waals surface area contributed by atoms with E-state index in [1.165, 1.54) is 22.7 Å². The second-order valence-electron chi connectivity index (χ2n) is 6.94. The smallest absolute Gasteiger partial charge is 0.125 e. The molecule has 1 atom stereocenters. The number of hydrogen-bond donors (Lipinski definition) is 1. The van der Waals surface area contributed by atoms with Crippen molar-refractivity contribution in [3.8, 4) is 0 Å². The van der Waals surface area contributed by atoms with Crippen molar-refractivity contribution in [1.82, 2.24) is 10.3 Å². The third-order valence-corrected chi connectivity index (χ3v) is 6.05. The summed E-state index contributed by atoms with van der Waals surface area (Å²) in [6.45, 7) is 12.9. The van der Waals surface area contributed by atoms with Gasteiger partial charge in [-0.05, 0) is 51.5 Å². The molecule has 0 aromatic carbocycles. The molecule has 1 unspecified atom stereocenters. The standard InChI is InChI=1S/C17H30N2OS/c1-6-18-13(3)14-12-19-15(21-14)17(20-7-2)10-8-16(4,5)9-11-17/h12-13,18H,6-11H2,1-5H3. The maximum atomic E-state index is 6.23. The average Bonchev–Trinajstić information content (AvgIpc) is 2.92. The van der Waals surface area contributed by atoms with E-state index in [1.54, 1.807) is 0 Å². The minimum absolute atomic E-state index is 0.140. The molecule has 1 heterocycles. The molecular weight excluding hydrogens is 280 g/mol. The Morgan fingerprint density at radius 1 is 1.29 bits per heavy atom. The van der Waals surface area contributed by atoms with E-state index in [9.17, 15) is 0 Å². The third kappa shape index (κ3) is 3.85. The topological polar surface area (TPSA) is 34.2 Å². The lowest BCUT2D eigenvalue weighted by molar-refractivity contribution is -0.0890. The van der Waals surface area contributed by atoms with Crippen LogP contribution in [0.3, 0.4) is 0 Å². The van der Waals surface area contributed by atoms with Gasteiger partial charge in [-0.2, -0.15) is 0 Å². The minimum atomic E-state index is -0.140. The molecule has 1 aromatic rings. The first-order valence-corrected chi connectivity index (χ1v) is 9.07. The fraction of sp³-hybridized carbons (Fsp3) is 0.824. The molecule has 1 N–H and O–H groups in total. The summed E-state index contributed by atoms with van der Waals surface area (Å²) in [6.07, 6.45) is 6.65. The SMILES string of the molecule is CCNC(C)c1cnc(C2(OCC)CCC(C)(C)CC2)s1. The van der Waals surface area contributed by atoms with Gasteiger partial charge in [0.2, 0.25) is 0 Å². The molecule has 1 aromatic heterocycles. The van der Waals surface area contributed by atoms with Gasteiger partial charge in [0.25, 0.3) is 0 Å². The van der Waals surface area contributed by atoms with Crippen LogP contribution in [0.4, 0.5) is 0 Å². The Morgan fingerprint density at radius 3 is 2.52 bits per heavy atom. The van der Waals surface area contributed by atoms with E-state index in [4.69, 9.17) is 9.72 Å². The monoisotopic (exact) mass is 310 g/mol. The fourth-order valence-electron chi connectivity index (χ4n) is 3.13. The zero-order valence-corrected chi connectivity index (χ0v) is 15.0. The number of ether oxygens (including phenoxy) is 1. The third-order valence-electron chi connectivity index (χ3n) is 4.68. The first kappa shape index (κ1) is 16.9. The van der Waals surface area contributed by atoms with Crippen LogP contribution >= 0.6 is 11.3 Å². The molecule has 1 saturated carbocycles. The largest absolute Gasteiger partial charge is 0.368 e. The van der Waals surface area contributed by atoms with Gasteiger partial charge in [-0.1, -0.05) is 20.8 Å². The van der Waals surface area contributed by atoms with Gasteiger partial charge < -0.3 is 10.1 Å². The molecule has 1 fully saturated rings. The summed E-state index contributed by atoms with van der Waals surface area (Å²) in [4.78, 5) is 6.05. The van der Waals surface area contributed by atoms with E-state index in [1.807, 2.05) is 17.5 Å². The van der Waals surface area contributed by atoms with Crippen LogP contribution in [-0.2, 0) is 10.3 Å². The van der Waals surface area contributed by atoms with E-state index in [0.717, 1.165) is 26.0 Å². The Balaban J connectivity index is 2.19. The highest BCUT2D eigenvalue weighted by Gasteiger charge is 2.42. The van der Waals surface area contributed by atoms with Crippen molar-refractivity contribution in [2.75, 3.05) is 13.2 Å². The van der Waals surface area contributed by atoms with Crippen molar-refractivity contribution in [2.24, 2.45) is 5.41 Å². The number of aromatic nitrogens is 1. The first-order valence-electron chi connectivity index (χ1n) is 8.26. The molecule has 0 spiro atoms. The molecular formula is C17H30N2OS. The Morgan fingerprint density at radius 2 is 1.95 bits per heavy atom. The maximum absolute atomic E-state index is 6.23. The Bertz CT molecular complexity index is 445. The van der Waals surface area contributed by atoms with E-state index in [-0.39, 0.29) is 5.60 Å². The number of nitrogens with one attached hydrogen (secondary N) is 1. The van der Waals surface area contributed by atoms with Crippen molar-refractivity contribution in [3.05, 3.63) is 16.1 Å². The predicted molar refractivity (Wildman–Crippen MR) is 89.8 cm³/mol. The van der Waals surface area contributed by atoms with E-state index < -0.39 is 0 Å². The van der Waals surface area contributed by atoms with Crippen LogP contribution in [0.1, 0.15) is 76.2 Å². The molecule has 0 saturated heterocycles. The van der Waals surface area contributed by atoms with Crippen molar-refractivity contribution in [2.45, 2.75) is 71.9 Å². The van der Waals surface area contributed by atoms with Crippen molar-refractivity contribution in [3.63, 3.8) is 0 Å². The van der Waals surface area contributed by atoms with Crippen LogP contribution in [-0.4, -0.2) is 18.1 Å². The van der Waals surface area contributed by atoms with Crippen LogP contribution < -0.4 is 5.32 Å². The molecule has 21 heavy (non-hydrogen) atoms. The Hall–Kier alpha value is -0.450. The van der Waals surface area contributed by atoms with Gasteiger partial charge in [0.1, 0.15) is 10.6 Å². The average molecular weight is 311 g/mol. The predicted octanol–water partition coefficient (Wildman–Crippen LogP) is 4.65. The molecule has 0 amide bonds. The van der Waals surface area contributed by atoms with Gasteiger partial charge in [0, 0.05) is 23.7 Å². The summed E-state index contributed by atoms with van der Waals surface area (Å²) in [5.74, 6) is 0. The van der Waals surface area contributed by atoms with Gasteiger partial charge in [0.05, 0.1) is 0 Å². The summed E-state index contributed by atoms with van der Waals surface area (Å²) in [7, 11) is 0. The molecule has 2 rings (SSSR count). The quantitative estimate of drug-likeness (QED) is 0.830. The van der Waals surface area contributed by atoms with E-state index >= 15 is 0 Å². The summed E-state index contributed by atoms with van der Waals surface area (Å²) >= 11 is 1.83. The van der Waals surface area contributed by atoms with Gasteiger partial charge in [0.15, 0.2) is 0 Å². The minimum Gasteiger partial charge on any atom is -0.368 e. The number of thiazole rings is 1. The van der Waals surface area contributed by atoms with Crippen LogP contribution in [0.5, 0.6) is 0 Å². The molecule has 0 radical (unpaired) electrons. The highest BCUT2D eigenvalue weighted by Crippen LogP contribution is 2.48. The van der Waals surface area contributed by atoms with Gasteiger partial charge in [-0.15, -0.1) is 11.3 Å². The zero-order valence-electron chi connectivity index (χ0n) is 14.2. The molecule has 4 heteroatoms. The fourth-order valence-corrected chi connectivity index (χ4v) is 4.27. The lowest BCUT2D eigenvalue weighted by Crippen LogP contribution is -2.37. The highest BCUT2D eigenvalue weighted by atomic mass is 32.1. The van der Waals surface area contributed by atoms with Gasteiger partial charge in [-0.25, -0.2) is 4.98 Å². The molecule has 120 valence electrons. The molecule has 1 aliphatic carbocycles. The normalized spacial score (nSPS) is 22.1. The first-order chi connectivity index (χ1) is 9.92. The maximum Gasteiger partial charge on any atom is 0.125 e. The molecule has 0 aliphatic heterocycles. The zero-order chi connectivity index (χ0) is 15.5. The summed E-state index contributed by atoms with van der Waals surface area (Å²) < 4.78 is 6.23. The summed E-state index contributed by atoms with van der Waals surface area (Å²) in [5, 5.41) is 4.65. The second-order valence-corrected chi connectivity index (χ2v) is 8.00. The highest BCUT2D eigenvalue weighted by molar-refractivity contribution is 7.11. The van der Waals surface area contributed by atoms with Crippen LogP contribution in [0.25, 0.3) is 0 Å². The van der Waals surface area contributed by atoms with Gasteiger partial charge >= 0.3 is 0 Å². The second kappa shape index (κ2) is 6.76. The van der Waals surface area contributed by atoms with Gasteiger partial charge in [-0.3, -0.25) is 0 Å². The number of nitrogens with zero attached hydrogens (tertiary/aromatic N) is 1. The van der Waals surface area contributed by atoms with Crippen molar-refractivity contribution in [1.29, 1.82) is 0 Å². The lowest BCUT2D eigenvalue weighted by atomic mass is 9.71. The van der Waals surface area contributed by atoms with Crippen LogP contribution in [0.15, 0.2) is 6.20 Å². The van der Waals surface area contributed by atoms with Crippen LogP contribution in [0, 0.1) is 5.41 Å². The number of hydrogen-bond acceptors (Lipinski definition) is 4. The lowest BCUT2D eigenvalue weighted by Gasteiger charge is -2.42. The molecule has 1 aliphatic rings. The van der Waals surface area contributed by atoms with Crippen molar-refractivity contribution < 1.29 is 4.74 Å². The van der Waals surface area contributed by atoms with E-state index in [2.05, 4.69) is 39.9 Å². The molecule has 0 bridgehead atoms.